The van der Waals surface area contributed by atoms with Crippen molar-refractivity contribution in [1.29, 1.82) is 0 Å². The van der Waals surface area contributed by atoms with E-state index in [9.17, 15) is 14.5 Å². The number of nitro benzene ring substituents is 1. The zero-order valence-electron chi connectivity index (χ0n) is 10.5. The molecule has 4 nitrogen and oxygen atoms in total. The molecule has 20 heavy (non-hydrogen) atoms. The molecule has 0 aliphatic rings. The van der Waals surface area contributed by atoms with Gasteiger partial charge in [-0.25, -0.2) is 4.39 Å². The largest absolute Gasteiger partial charge is 0.382 e. The monoisotopic (exact) mass is 338 g/mol. The molecular formula is C14H12BrFN2O2. The Kier molecular flexibility index (Phi) is 4.68. The lowest BCUT2D eigenvalue weighted by Gasteiger charge is -2.08. The van der Waals surface area contributed by atoms with Crippen LogP contribution < -0.4 is 5.32 Å². The third-order valence-electron chi connectivity index (χ3n) is 2.83. The van der Waals surface area contributed by atoms with Crippen LogP contribution in [-0.4, -0.2) is 11.5 Å². The summed E-state index contributed by atoms with van der Waals surface area (Å²) in [6.07, 6.45) is 0.448. The molecule has 0 radical (unpaired) electrons. The van der Waals surface area contributed by atoms with E-state index in [4.69, 9.17) is 0 Å². The predicted octanol–water partition coefficient (Wildman–Crippen LogP) is 4.15. The van der Waals surface area contributed by atoms with Gasteiger partial charge in [-0.3, -0.25) is 10.1 Å². The molecule has 1 N–H and O–H groups in total. The van der Waals surface area contributed by atoms with E-state index < -0.39 is 4.92 Å². The summed E-state index contributed by atoms with van der Waals surface area (Å²) in [6.45, 7) is 0.415. The lowest BCUT2D eigenvalue weighted by molar-refractivity contribution is -0.385. The van der Waals surface area contributed by atoms with Crippen molar-refractivity contribution in [3.8, 4) is 0 Å². The van der Waals surface area contributed by atoms with Crippen LogP contribution in [0.2, 0.25) is 0 Å². The maximum Gasteiger partial charge on any atom is 0.272 e. The van der Waals surface area contributed by atoms with Crippen LogP contribution in [0.15, 0.2) is 46.9 Å². The fourth-order valence-electron chi connectivity index (χ4n) is 1.87. The van der Waals surface area contributed by atoms with Gasteiger partial charge in [-0.05, 0) is 24.6 Å². The highest BCUT2D eigenvalue weighted by Gasteiger charge is 2.11. The molecule has 0 aliphatic carbocycles. The summed E-state index contributed by atoms with van der Waals surface area (Å²) >= 11 is 3.27. The van der Waals surface area contributed by atoms with E-state index in [0.717, 1.165) is 4.47 Å². The fraction of sp³-hybridized carbons (Fsp3) is 0.143. The van der Waals surface area contributed by atoms with Gasteiger partial charge in [-0.15, -0.1) is 0 Å². The Morgan fingerprint density at radius 1 is 1.25 bits per heavy atom. The van der Waals surface area contributed by atoms with Crippen LogP contribution in [0.1, 0.15) is 5.56 Å². The molecule has 6 heteroatoms. The lowest BCUT2D eigenvalue weighted by Crippen LogP contribution is -2.07. The number of rotatable bonds is 5. The van der Waals surface area contributed by atoms with Gasteiger partial charge in [0, 0.05) is 22.6 Å². The van der Waals surface area contributed by atoms with Crippen molar-refractivity contribution >= 4 is 27.3 Å². The molecule has 0 amide bonds. The molecule has 2 aromatic carbocycles. The number of benzene rings is 2. The van der Waals surface area contributed by atoms with Gasteiger partial charge < -0.3 is 5.32 Å². The molecular weight excluding hydrogens is 327 g/mol. The van der Waals surface area contributed by atoms with E-state index in [-0.39, 0.29) is 11.5 Å². The Morgan fingerprint density at radius 3 is 2.75 bits per heavy atom. The highest BCUT2D eigenvalue weighted by molar-refractivity contribution is 9.10. The number of anilines is 1. The molecule has 104 valence electrons. The quantitative estimate of drug-likeness (QED) is 0.658. The topological polar surface area (TPSA) is 55.2 Å². The van der Waals surface area contributed by atoms with Crippen LogP contribution in [0.4, 0.5) is 15.8 Å². The predicted molar refractivity (Wildman–Crippen MR) is 79.4 cm³/mol. The van der Waals surface area contributed by atoms with Gasteiger partial charge in [0.05, 0.1) is 10.6 Å². The molecule has 0 aromatic heterocycles. The fourth-order valence-corrected chi connectivity index (χ4v) is 2.23. The maximum absolute atomic E-state index is 13.5. The maximum atomic E-state index is 13.5. The van der Waals surface area contributed by atoms with Crippen LogP contribution in [0.25, 0.3) is 0 Å². The molecule has 0 heterocycles. The number of para-hydroxylation sites is 1. The van der Waals surface area contributed by atoms with Crippen molar-refractivity contribution in [2.24, 2.45) is 0 Å². The van der Waals surface area contributed by atoms with E-state index in [0.29, 0.717) is 24.2 Å². The Bertz CT molecular complexity index is 634. The molecule has 0 bridgehead atoms. The second kappa shape index (κ2) is 6.47. The smallest absolute Gasteiger partial charge is 0.272 e. The first-order valence-corrected chi connectivity index (χ1v) is 6.78. The van der Waals surface area contributed by atoms with Crippen molar-refractivity contribution < 1.29 is 9.31 Å². The van der Waals surface area contributed by atoms with Gasteiger partial charge in [0.15, 0.2) is 0 Å². The summed E-state index contributed by atoms with van der Waals surface area (Å²) in [7, 11) is 0. The Labute approximate surface area is 123 Å². The number of hydrogen-bond acceptors (Lipinski definition) is 3. The number of nitrogens with one attached hydrogen (secondary N) is 1. The Hall–Kier alpha value is -1.95. The summed E-state index contributed by atoms with van der Waals surface area (Å²) in [6, 6.07) is 11.2. The summed E-state index contributed by atoms with van der Waals surface area (Å²) in [4.78, 5) is 10.5. The minimum atomic E-state index is -0.408. The molecule has 2 aromatic rings. The zero-order chi connectivity index (χ0) is 14.5. The van der Waals surface area contributed by atoms with Gasteiger partial charge in [-0.1, -0.05) is 34.1 Å². The van der Waals surface area contributed by atoms with Crippen molar-refractivity contribution in [3.63, 3.8) is 0 Å². The van der Waals surface area contributed by atoms with Crippen LogP contribution in [0.5, 0.6) is 0 Å². The summed E-state index contributed by atoms with van der Waals surface area (Å²) < 4.78 is 14.3. The first-order chi connectivity index (χ1) is 9.58. The van der Waals surface area contributed by atoms with Gasteiger partial charge >= 0.3 is 0 Å². The van der Waals surface area contributed by atoms with Gasteiger partial charge in [0.2, 0.25) is 0 Å². The summed E-state index contributed by atoms with van der Waals surface area (Å²) in [5.41, 5.74) is 1.09. The molecule has 0 unspecified atom stereocenters. The molecule has 0 aliphatic heterocycles. The summed E-state index contributed by atoms with van der Waals surface area (Å²) in [5, 5.41) is 13.8. The Morgan fingerprint density at radius 2 is 2.00 bits per heavy atom. The Balaban J connectivity index is 2.03. The second-order valence-corrected chi connectivity index (χ2v) is 5.10. The van der Waals surface area contributed by atoms with Gasteiger partial charge in [-0.2, -0.15) is 0 Å². The molecule has 0 fully saturated rings. The van der Waals surface area contributed by atoms with E-state index in [2.05, 4.69) is 21.2 Å². The summed E-state index contributed by atoms with van der Waals surface area (Å²) in [5.74, 6) is -0.351. The van der Waals surface area contributed by atoms with E-state index in [1.807, 2.05) is 0 Å². The zero-order valence-corrected chi connectivity index (χ0v) is 12.1. The highest BCUT2D eigenvalue weighted by Crippen LogP contribution is 2.21. The SMILES string of the molecule is O=[N+]([O-])c1ccccc1CCNc1cc(Br)ccc1F. The number of hydrogen-bond donors (Lipinski definition) is 1. The lowest BCUT2D eigenvalue weighted by atomic mass is 10.1. The van der Waals surface area contributed by atoms with E-state index in [1.165, 1.54) is 12.1 Å². The van der Waals surface area contributed by atoms with Gasteiger partial charge in [0.25, 0.3) is 5.69 Å². The second-order valence-electron chi connectivity index (χ2n) is 4.19. The minimum Gasteiger partial charge on any atom is -0.382 e. The first kappa shape index (κ1) is 14.5. The number of halogens is 2. The van der Waals surface area contributed by atoms with Crippen LogP contribution in [0.3, 0.4) is 0 Å². The average molecular weight is 339 g/mol. The van der Waals surface area contributed by atoms with Crippen molar-refractivity contribution in [1.82, 2.24) is 0 Å². The molecule has 2 rings (SSSR count). The first-order valence-electron chi connectivity index (χ1n) is 5.99. The van der Waals surface area contributed by atoms with E-state index in [1.54, 1.807) is 30.3 Å². The van der Waals surface area contributed by atoms with Crippen LogP contribution in [0, 0.1) is 15.9 Å². The molecule has 0 saturated carbocycles. The average Bonchev–Trinajstić information content (AvgIpc) is 2.43. The third-order valence-corrected chi connectivity index (χ3v) is 3.32. The highest BCUT2D eigenvalue weighted by atomic mass is 79.9. The molecule has 0 spiro atoms. The van der Waals surface area contributed by atoms with Crippen LogP contribution in [-0.2, 0) is 6.42 Å². The van der Waals surface area contributed by atoms with Crippen molar-refractivity contribution in [3.05, 3.63) is 68.4 Å². The number of nitrogens with zero attached hydrogens (tertiary/aromatic N) is 1. The van der Waals surface area contributed by atoms with Crippen molar-refractivity contribution in [2.45, 2.75) is 6.42 Å². The minimum absolute atomic E-state index is 0.0871. The van der Waals surface area contributed by atoms with Crippen LogP contribution >= 0.6 is 15.9 Å². The number of nitro groups is 1. The molecule has 0 atom stereocenters. The third kappa shape index (κ3) is 3.54. The van der Waals surface area contributed by atoms with E-state index >= 15 is 0 Å². The normalized spacial score (nSPS) is 10.3. The molecule has 0 saturated heterocycles. The van der Waals surface area contributed by atoms with Crippen molar-refractivity contribution in [2.75, 3.05) is 11.9 Å². The van der Waals surface area contributed by atoms with Gasteiger partial charge in [0.1, 0.15) is 5.82 Å². The standard InChI is InChI=1S/C14H12BrFN2O2/c15-11-5-6-12(16)13(9-11)17-8-7-10-3-1-2-4-14(10)18(19)20/h1-6,9,17H,7-8H2.